The van der Waals surface area contributed by atoms with Crippen molar-refractivity contribution in [1.82, 2.24) is 0 Å². The Labute approximate surface area is 117 Å². The maximum Gasteiger partial charge on any atom is 0.336 e. The molecule has 0 saturated heterocycles. The van der Waals surface area contributed by atoms with Crippen LogP contribution in [0.15, 0.2) is 30.3 Å². The molecule has 0 atom stereocenters. The molecule has 3 nitrogen and oxygen atoms in total. The van der Waals surface area contributed by atoms with Crippen LogP contribution >= 0.6 is 0 Å². The molecule has 1 heterocycles. The minimum absolute atomic E-state index is 0.282. The molecular weight excluding hydrogens is 252 g/mol. The summed E-state index contributed by atoms with van der Waals surface area (Å²) in [5.41, 5.74) is 1.60. The minimum atomic E-state index is -0.933. The lowest BCUT2D eigenvalue weighted by Crippen LogP contribution is -2.28. The van der Waals surface area contributed by atoms with Gasteiger partial charge in [0, 0.05) is 10.9 Å². The van der Waals surface area contributed by atoms with E-state index in [0.29, 0.717) is 11.3 Å². The molecule has 0 radical (unpaired) electrons. The third-order valence-electron chi connectivity index (χ3n) is 3.53. The summed E-state index contributed by atoms with van der Waals surface area (Å²) in [7, 11) is 0. The van der Waals surface area contributed by atoms with Crippen LogP contribution in [-0.2, 0) is 0 Å². The second kappa shape index (κ2) is 4.10. The lowest BCUT2D eigenvalue weighted by molar-refractivity contribution is 0.0695. The number of hydrogen-bond acceptors (Lipinski definition) is 2. The Morgan fingerprint density at radius 3 is 2.70 bits per heavy atom. The summed E-state index contributed by atoms with van der Waals surface area (Å²) in [6, 6.07) is 7.70. The fourth-order valence-electron chi connectivity index (χ4n) is 2.54. The summed E-state index contributed by atoms with van der Waals surface area (Å²) in [5, 5.41) is 11.3. The van der Waals surface area contributed by atoms with Crippen molar-refractivity contribution in [3.05, 3.63) is 47.0 Å². The molecule has 0 aromatic heterocycles. The van der Waals surface area contributed by atoms with Gasteiger partial charge in [-0.3, -0.25) is 0 Å². The summed E-state index contributed by atoms with van der Waals surface area (Å²) in [4.78, 5) is 11.5. The van der Waals surface area contributed by atoms with Crippen LogP contribution in [0.25, 0.3) is 16.8 Å². The van der Waals surface area contributed by atoms with Crippen molar-refractivity contribution in [2.45, 2.75) is 26.4 Å². The van der Waals surface area contributed by atoms with Crippen LogP contribution in [0.5, 0.6) is 5.75 Å². The Kier molecular flexibility index (Phi) is 2.61. The molecule has 0 unspecified atom stereocenters. The van der Waals surface area contributed by atoms with Crippen LogP contribution in [-0.4, -0.2) is 16.7 Å². The van der Waals surface area contributed by atoms with Crippen molar-refractivity contribution in [3.63, 3.8) is 0 Å². The number of benzene rings is 2. The van der Waals surface area contributed by atoms with Gasteiger partial charge >= 0.3 is 5.97 Å². The molecule has 0 fully saturated rings. The van der Waals surface area contributed by atoms with Gasteiger partial charge in [-0.05, 0) is 38.3 Å². The summed E-state index contributed by atoms with van der Waals surface area (Å²) in [6.45, 7) is 5.91. The van der Waals surface area contributed by atoms with Gasteiger partial charge in [0.2, 0.25) is 0 Å². The Morgan fingerprint density at radius 2 is 2.00 bits per heavy atom. The molecule has 1 aliphatic heterocycles. The predicted molar refractivity (Wildman–Crippen MR) is 79.4 cm³/mol. The van der Waals surface area contributed by atoms with Crippen LogP contribution in [0, 0.1) is 6.92 Å². The van der Waals surface area contributed by atoms with E-state index < -0.39 is 11.6 Å². The predicted octanol–water partition coefficient (Wildman–Crippen LogP) is 4.03. The lowest BCUT2D eigenvalue weighted by atomic mass is 9.94. The minimum Gasteiger partial charge on any atom is -0.482 e. The molecule has 0 saturated carbocycles. The molecule has 3 heteroatoms. The normalized spacial score (nSPS) is 15.8. The van der Waals surface area contributed by atoms with E-state index in [4.69, 9.17) is 4.74 Å². The third kappa shape index (κ3) is 1.95. The number of aryl methyl sites for hydroxylation is 1. The number of carbonyl (C=O) groups is 1. The van der Waals surface area contributed by atoms with E-state index in [0.717, 1.165) is 16.3 Å². The second-order valence-electron chi connectivity index (χ2n) is 5.74. The topological polar surface area (TPSA) is 46.5 Å². The highest BCUT2D eigenvalue weighted by Gasteiger charge is 2.27. The smallest absolute Gasteiger partial charge is 0.336 e. The maximum atomic E-state index is 11.5. The summed E-state index contributed by atoms with van der Waals surface area (Å²) < 4.78 is 6.01. The highest BCUT2D eigenvalue weighted by atomic mass is 16.5. The van der Waals surface area contributed by atoms with E-state index in [1.54, 1.807) is 6.07 Å². The van der Waals surface area contributed by atoms with E-state index in [2.05, 4.69) is 0 Å². The van der Waals surface area contributed by atoms with E-state index in [1.807, 2.05) is 51.1 Å². The molecule has 3 rings (SSSR count). The summed E-state index contributed by atoms with van der Waals surface area (Å²) in [6.07, 6.45) is 3.74. The molecule has 1 aliphatic rings. The Bertz CT molecular complexity index is 754. The van der Waals surface area contributed by atoms with Crippen LogP contribution in [0.4, 0.5) is 0 Å². The molecule has 2 aromatic carbocycles. The zero-order valence-corrected chi connectivity index (χ0v) is 11.7. The van der Waals surface area contributed by atoms with Gasteiger partial charge in [-0.25, -0.2) is 4.79 Å². The zero-order chi connectivity index (χ0) is 14.5. The number of fused-ring (bicyclic) bond motifs is 3. The zero-order valence-electron chi connectivity index (χ0n) is 11.7. The number of ether oxygens (including phenoxy) is 1. The van der Waals surface area contributed by atoms with Gasteiger partial charge in [0.05, 0.1) is 5.56 Å². The molecule has 1 N–H and O–H groups in total. The van der Waals surface area contributed by atoms with Crippen molar-refractivity contribution in [1.29, 1.82) is 0 Å². The molecule has 0 spiro atoms. The monoisotopic (exact) mass is 268 g/mol. The first-order valence-corrected chi connectivity index (χ1v) is 6.56. The van der Waals surface area contributed by atoms with Crippen LogP contribution in [0.2, 0.25) is 0 Å². The van der Waals surface area contributed by atoms with Crippen molar-refractivity contribution in [2.75, 3.05) is 0 Å². The fourth-order valence-corrected chi connectivity index (χ4v) is 2.54. The molecular formula is C17H16O3. The first-order chi connectivity index (χ1) is 9.37. The summed E-state index contributed by atoms with van der Waals surface area (Å²) in [5.74, 6) is -0.273. The van der Waals surface area contributed by atoms with Crippen molar-refractivity contribution < 1.29 is 14.6 Å². The van der Waals surface area contributed by atoms with E-state index in [1.165, 1.54) is 0 Å². The van der Waals surface area contributed by atoms with Crippen molar-refractivity contribution >= 4 is 22.8 Å². The van der Waals surface area contributed by atoms with Gasteiger partial charge in [-0.1, -0.05) is 29.8 Å². The molecule has 0 aliphatic carbocycles. The van der Waals surface area contributed by atoms with Crippen LogP contribution in [0.1, 0.15) is 35.3 Å². The number of carboxylic acid groups (broad SMARTS) is 1. The van der Waals surface area contributed by atoms with Crippen molar-refractivity contribution in [3.8, 4) is 5.75 Å². The molecule has 20 heavy (non-hydrogen) atoms. The van der Waals surface area contributed by atoms with Gasteiger partial charge < -0.3 is 9.84 Å². The number of rotatable bonds is 1. The van der Waals surface area contributed by atoms with Gasteiger partial charge in [-0.15, -0.1) is 0 Å². The fraction of sp³-hybridized carbons (Fsp3) is 0.235. The summed E-state index contributed by atoms with van der Waals surface area (Å²) >= 11 is 0. The number of carboxylic acids is 1. The third-order valence-corrected chi connectivity index (χ3v) is 3.53. The van der Waals surface area contributed by atoms with E-state index in [-0.39, 0.29) is 5.56 Å². The SMILES string of the molecule is Cc1ccc2c3c(c(C(=O)O)cc2c1)C=CC(C)(C)O3. The first kappa shape index (κ1) is 12.7. The van der Waals surface area contributed by atoms with E-state index >= 15 is 0 Å². The highest BCUT2D eigenvalue weighted by molar-refractivity contribution is 6.03. The maximum absolute atomic E-state index is 11.5. The average molecular weight is 268 g/mol. The van der Waals surface area contributed by atoms with Gasteiger partial charge in [0.15, 0.2) is 0 Å². The van der Waals surface area contributed by atoms with Crippen molar-refractivity contribution in [2.24, 2.45) is 0 Å². The van der Waals surface area contributed by atoms with Crippen LogP contribution < -0.4 is 4.74 Å². The largest absolute Gasteiger partial charge is 0.482 e. The van der Waals surface area contributed by atoms with Gasteiger partial charge in [0.1, 0.15) is 11.4 Å². The highest BCUT2D eigenvalue weighted by Crippen LogP contribution is 2.39. The van der Waals surface area contributed by atoms with Crippen LogP contribution in [0.3, 0.4) is 0 Å². The first-order valence-electron chi connectivity index (χ1n) is 6.56. The quantitative estimate of drug-likeness (QED) is 0.849. The Balaban J connectivity index is 2.40. The Hall–Kier alpha value is -2.29. The Morgan fingerprint density at radius 1 is 1.25 bits per heavy atom. The van der Waals surface area contributed by atoms with E-state index in [9.17, 15) is 9.90 Å². The second-order valence-corrected chi connectivity index (χ2v) is 5.74. The molecule has 0 bridgehead atoms. The number of aromatic carboxylic acids is 1. The lowest BCUT2D eigenvalue weighted by Gasteiger charge is -2.29. The van der Waals surface area contributed by atoms with Gasteiger partial charge in [0.25, 0.3) is 0 Å². The standard InChI is InChI=1S/C17H16O3/c1-10-4-5-12-11(8-10)9-14(16(18)19)13-6-7-17(2,3)20-15(12)13/h4-9H,1-3H3,(H,18,19). The molecule has 102 valence electrons. The average Bonchev–Trinajstić information content (AvgIpc) is 2.36. The number of hydrogen-bond donors (Lipinski definition) is 1. The molecule has 0 amide bonds. The van der Waals surface area contributed by atoms with Gasteiger partial charge in [-0.2, -0.15) is 0 Å². The molecule has 2 aromatic rings.